The van der Waals surface area contributed by atoms with Gasteiger partial charge in [0, 0.05) is 12.1 Å². The van der Waals surface area contributed by atoms with Gasteiger partial charge >= 0.3 is 42.0 Å². The highest BCUT2D eigenvalue weighted by atomic mass is 16.6. The van der Waals surface area contributed by atoms with E-state index < -0.39 is 58.4 Å². The van der Waals surface area contributed by atoms with Crippen molar-refractivity contribution in [1.29, 1.82) is 0 Å². The quantitative estimate of drug-likeness (QED) is 0.0454. The van der Waals surface area contributed by atoms with E-state index in [2.05, 4.69) is 26.6 Å². The van der Waals surface area contributed by atoms with Crippen molar-refractivity contribution in [3.05, 3.63) is 138 Å². The molecule has 0 spiro atoms. The number of hydrogen-bond acceptors (Lipinski definition) is 11. The van der Waals surface area contributed by atoms with Crippen LogP contribution in [-0.2, 0) is 53.2 Å². The predicted octanol–water partition coefficient (Wildman–Crippen LogP) is 12.5. The van der Waals surface area contributed by atoms with Gasteiger partial charge in [-0.05, 0) is 76.2 Å². The lowest BCUT2D eigenvalue weighted by molar-refractivity contribution is -0.153. The molecular weight excluding hydrogens is 1040 g/mol. The molecule has 2 aliphatic carbocycles. The number of urea groups is 2. The van der Waals surface area contributed by atoms with Gasteiger partial charge in [-0.15, -0.1) is 0 Å². The molecule has 82 heavy (non-hydrogen) atoms. The number of esters is 3. The summed E-state index contributed by atoms with van der Waals surface area (Å²) in [6, 6.07) is 34.7. The summed E-state index contributed by atoms with van der Waals surface area (Å²) in [5.41, 5.74) is 1.33. The molecule has 2 aliphatic rings. The number of nitrogens with one attached hydrogen (secondary N) is 5. The number of para-hydroxylation sites is 1. The van der Waals surface area contributed by atoms with Gasteiger partial charge in [-0.3, -0.25) is 4.79 Å². The molecule has 0 bridgehead atoms. The van der Waals surface area contributed by atoms with E-state index in [-0.39, 0.29) is 54.7 Å². The number of benzene rings is 4. The third kappa shape index (κ3) is 26.9. The highest BCUT2D eigenvalue weighted by Gasteiger charge is 2.37. The van der Waals surface area contributed by atoms with Gasteiger partial charge < -0.3 is 50.6 Å². The number of carbonyl (C=O) groups excluding carboxylic acids is 6. The van der Waals surface area contributed by atoms with Gasteiger partial charge in [0.05, 0.1) is 5.92 Å². The van der Waals surface area contributed by atoms with Crippen LogP contribution in [0.2, 0.25) is 0 Å². The third-order valence-corrected chi connectivity index (χ3v) is 13.8. The third-order valence-electron chi connectivity index (χ3n) is 13.8. The molecule has 450 valence electrons. The van der Waals surface area contributed by atoms with Gasteiger partial charge in [-0.2, -0.15) is 0 Å². The first-order chi connectivity index (χ1) is 38.4. The van der Waals surface area contributed by atoms with Crippen LogP contribution >= 0.6 is 0 Å². The zero-order valence-corrected chi connectivity index (χ0v) is 50.7. The largest absolute Gasteiger partial charge is 0.480 e. The maximum absolute atomic E-state index is 12.5. The van der Waals surface area contributed by atoms with E-state index in [1.54, 1.807) is 45.0 Å². The summed E-state index contributed by atoms with van der Waals surface area (Å²) < 4.78 is 21.2. The Hall–Kier alpha value is -7.43. The molecule has 4 aromatic rings. The summed E-state index contributed by atoms with van der Waals surface area (Å²) in [6.07, 6.45) is 7.85. The summed E-state index contributed by atoms with van der Waals surface area (Å²) in [7, 11) is 0. The topological polar surface area (TPSA) is 237 Å². The molecule has 6 rings (SSSR count). The number of carboxylic acids is 1. The van der Waals surface area contributed by atoms with Crippen molar-refractivity contribution < 1.29 is 57.6 Å². The molecule has 0 aromatic heterocycles. The van der Waals surface area contributed by atoms with Crippen molar-refractivity contribution in [1.82, 2.24) is 26.6 Å². The highest BCUT2D eigenvalue weighted by Crippen LogP contribution is 2.27. The van der Waals surface area contributed by atoms with Crippen LogP contribution in [0.4, 0.5) is 14.4 Å². The fraction of sp³-hybridized carbons (Fsp3) is 0.523. The van der Waals surface area contributed by atoms with E-state index in [9.17, 15) is 33.6 Å². The van der Waals surface area contributed by atoms with Crippen LogP contribution in [0.1, 0.15) is 158 Å². The SMILES string of the molecule is CC(C)(C)[C@H](NC(=O)NC1CCCC1)C(=O)O.CC(C)(C)[C@H](NC(=O)NC1CCCC1)C(=O)OCc1ccccc1.CC(C)(C)[C@H](NC(=O)Oc1ccccc1)C(=O)OCc1ccccc1.C[C@H](C(=O)OCc1ccccc1)C(C)(C)C. The van der Waals surface area contributed by atoms with Crippen LogP contribution in [0.3, 0.4) is 0 Å². The number of carboxylic acid groups (broad SMARTS) is 1. The minimum atomic E-state index is -1.00. The predicted molar refractivity (Wildman–Crippen MR) is 318 cm³/mol. The lowest BCUT2D eigenvalue weighted by Gasteiger charge is -2.30. The standard InChI is InChI=1S/C20H23NO4.C19H28N2O3.C14H20O2.C12H22N2O3/c1-20(2,3)17(18(22)24-14-15-10-6-4-7-11-15)21-19(23)25-16-12-8-5-9-13-16;1-19(2,3)16(21-18(23)20-15-11-7-8-12-15)17(22)24-13-14-9-5-4-6-10-14;1-11(14(2,3)4)13(15)16-10-12-8-6-5-7-9-12;1-12(2,3)9(10(15)16)14-11(17)13-8-6-4-5-7-8/h4-13,17H,14H2,1-3H3,(H,21,23);4-6,9-10,15-16H,7-8,11-13H2,1-3H3,(H2,20,21,23);5-9,11H,10H2,1-4H3;8-9H,4-7H2,1-3H3,(H,15,16)(H2,13,14,17)/t17-;16-;11-;9-/m1111/s1. The van der Waals surface area contributed by atoms with Gasteiger partial charge in [0.25, 0.3) is 0 Å². The first-order valence-corrected chi connectivity index (χ1v) is 28.5. The van der Waals surface area contributed by atoms with Crippen molar-refractivity contribution in [2.24, 2.45) is 27.6 Å². The Balaban J connectivity index is 0.000000292. The molecule has 4 atom stereocenters. The minimum absolute atomic E-state index is 0.0478. The first kappa shape index (κ1) is 68.8. The molecule has 2 saturated carbocycles. The molecule has 4 aromatic carbocycles. The maximum atomic E-state index is 12.5. The molecule has 0 aliphatic heterocycles. The zero-order chi connectivity index (χ0) is 61.1. The Morgan fingerprint density at radius 2 is 0.744 bits per heavy atom. The van der Waals surface area contributed by atoms with Crippen LogP contribution < -0.4 is 31.3 Å². The van der Waals surface area contributed by atoms with Crippen molar-refractivity contribution in [3.63, 3.8) is 0 Å². The lowest BCUT2D eigenvalue weighted by Crippen LogP contribution is -2.54. The molecule has 6 N–H and O–H groups in total. The van der Waals surface area contributed by atoms with Gasteiger partial charge in [0.2, 0.25) is 0 Å². The molecule has 0 heterocycles. The molecule has 0 saturated heterocycles. The van der Waals surface area contributed by atoms with E-state index in [0.29, 0.717) is 12.4 Å². The van der Waals surface area contributed by atoms with E-state index in [1.807, 2.05) is 166 Å². The van der Waals surface area contributed by atoms with Crippen molar-refractivity contribution in [3.8, 4) is 5.75 Å². The number of carbonyl (C=O) groups is 7. The molecule has 17 nitrogen and oxygen atoms in total. The number of hydrogen-bond donors (Lipinski definition) is 6. The van der Waals surface area contributed by atoms with Gasteiger partial charge in [0.15, 0.2) is 0 Å². The molecule has 17 heteroatoms. The number of amides is 5. The normalized spacial score (nSPS) is 15.0. The van der Waals surface area contributed by atoms with Crippen LogP contribution in [-0.4, -0.2) is 77.3 Å². The molecule has 2 fully saturated rings. The molecule has 0 unspecified atom stereocenters. The Bertz CT molecular complexity index is 2560. The molecule has 0 radical (unpaired) electrons. The van der Waals surface area contributed by atoms with E-state index in [4.69, 9.17) is 24.1 Å². The Labute approximate surface area is 487 Å². The fourth-order valence-corrected chi connectivity index (χ4v) is 8.34. The van der Waals surface area contributed by atoms with Crippen LogP contribution in [0, 0.1) is 27.6 Å². The maximum Gasteiger partial charge on any atom is 0.413 e. The molecule has 5 amide bonds. The van der Waals surface area contributed by atoms with Crippen LogP contribution in [0.25, 0.3) is 0 Å². The minimum Gasteiger partial charge on any atom is -0.480 e. The second-order valence-corrected chi connectivity index (χ2v) is 25.1. The number of aliphatic carboxylic acids is 1. The number of rotatable bonds is 16. The second kappa shape index (κ2) is 33.5. The fourth-order valence-electron chi connectivity index (χ4n) is 8.34. The van der Waals surface area contributed by atoms with E-state index >= 15 is 0 Å². The number of ether oxygens (including phenoxy) is 4. The van der Waals surface area contributed by atoms with Crippen molar-refractivity contribution >= 4 is 42.0 Å². The Morgan fingerprint density at radius 3 is 1.06 bits per heavy atom. The average molecular weight is 1140 g/mol. The van der Waals surface area contributed by atoms with Gasteiger partial charge in [-0.1, -0.05) is 225 Å². The van der Waals surface area contributed by atoms with Gasteiger partial charge in [0.1, 0.15) is 43.7 Å². The van der Waals surface area contributed by atoms with Crippen LogP contribution in [0.15, 0.2) is 121 Å². The summed E-state index contributed by atoms with van der Waals surface area (Å²) in [4.78, 5) is 83.7. The lowest BCUT2D eigenvalue weighted by atomic mass is 9.82. The zero-order valence-electron chi connectivity index (χ0n) is 50.7. The first-order valence-electron chi connectivity index (χ1n) is 28.5. The van der Waals surface area contributed by atoms with Crippen molar-refractivity contribution in [2.75, 3.05) is 0 Å². The van der Waals surface area contributed by atoms with E-state index in [0.717, 1.165) is 68.1 Å². The summed E-state index contributed by atoms with van der Waals surface area (Å²) in [6.45, 7) is 25.4. The monoisotopic (exact) mass is 1140 g/mol. The summed E-state index contributed by atoms with van der Waals surface area (Å²) >= 11 is 0. The van der Waals surface area contributed by atoms with Crippen LogP contribution in [0.5, 0.6) is 5.75 Å². The van der Waals surface area contributed by atoms with E-state index in [1.165, 1.54) is 0 Å². The Kier molecular flexibility index (Phi) is 28.1. The van der Waals surface area contributed by atoms with Crippen molar-refractivity contribution in [2.45, 2.75) is 191 Å². The smallest absolute Gasteiger partial charge is 0.413 e. The summed E-state index contributed by atoms with van der Waals surface area (Å²) in [5.74, 6) is -1.72. The summed E-state index contributed by atoms with van der Waals surface area (Å²) in [5, 5.41) is 22.8. The average Bonchev–Trinajstić information content (AvgIpc) is 4.16. The van der Waals surface area contributed by atoms with Gasteiger partial charge in [-0.25, -0.2) is 28.8 Å². The Morgan fingerprint density at radius 1 is 0.439 bits per heavy atom. The highest BCUT2D eigenvalue weighted by molar-refractivity contribution is 5.85. The second-order valence-electron chi connectivity index (χ2n) is 25.1. The molecular formula is C65H93N5O12.